The molecule has 4 rings (SSSR count). The van der Waals surface area contributed by atoms with Crippen LogP contribution in [0.4, 0.5) is 0 Å². The van der Waals surface area contributed by atoms with E-state index < -0.39 is 0 Å². The number of hydrogen-bond donors (Lipinski definition) is 0. The zero-order valence-electron chi connectivity index (χ0n) is 30.9. The Bertz CT molecular complexity index is 1410. The maximum atomic E-state index is 5.74. The summed E-state index contributed by atoms with van der Waals surface area (Å²) >= 11 is 5.74. The standard InChI is InChI=1S/C10H16N2.2C10H15N.C9H12ClN/c1-7-6-9(10(3,4)5)12-8(2)11-7;1-8-5-6-11-9(7-8)10(2,3)4;1-8-6-5-7-11-9(8)10(2,3)4;1-9(2,3)7-4-5-11-8(10)6-7/h6H,1-5H3;2*5-7H,1-4H3;4-6H,1-3H3. The predicted octanol–water partition coefficient (Wildman–Crippen LogP) is 10.8. The summed E-state index contributed by atoms with van der Waals surface area (Å²) in [5.41, 5.74) is 8.93. The monoisotopic (exact) mass is 631 g/mol. The number of nitrogens with zero attached hydrogens (tertiary/aromatic N) is 5. The number of halogens is 1. The van der Waals surface area contributed by atoms with Crippen LogP contribution >= 0.6 is 11.6 Å². The molecule has 0 spiro atoms. The molecule has 4 aromatic rings. The van der Waals surface area contributed by atoms with Gasteiger partial charge in [-0.15, -0.1) is 0 Å². The second-order valence-corrected chi connectivity index (χ2v) is 16.1. The average Bonchev–Trinajstić information content (AvgIpc) is 2.87. The van der Waals surface area contributed by atoms with Crippen molar-refractivity contribution in [2.24, 2.45) is 0 Å². The molecule has 0 N–H and O–H groups in total. The molecule has 0 aliphatic rings. The van der Waals surface area contributed by atoms with E-state index in [-0.39, 0.29) is 21.7 Å². The highest BCUT2D eigenvalue weighted by Gasteiger charge is 2.17. The van der Waals surface area contributed by atoms with Gasteiger partial charge in [-0.3, -0.25) is 9.97 Å². The van der Waals surface area contributed by atoms with Crippen molar-refractivity contribution in [2.75, 3.05) is 0 Å². The summed E-state index contributed by atoms with van der Waals surface area (Å²) in [7, 11) is 0. The lowest BCUT2D eigenvalue weighted by atomic mass is 9.88. The quantitative estimate of drug-likeness (QED) is 0.181. The Labute approximate surface area is 279 Å². The van der Waals surface area contributed by atoms with Gasteiger partial charge < -0.3 is 0 Å². The molecule has 0 saturated carbocycles. The maximum Gasteiger partial charge on any atom is 0.129 e. The Morgan fingerprint density at radius 3 is 1.49 bits per heavy atom. The molecule has 45 heavy (non-hydrogen) atoms. The van der Waals surface area contributed by atoms with Gasteiger partial charge in [-0.2, -0.15) is 0 Å². The molecule has 0 bridgehead atoms. The van der Waals surface area contributed by atoms with Gasteiger partial charge in [-0.05, 0) is 86.2 Å². The van der Waals surface area contributed by atoms with Gasteiger partial charge in [-0.1, -0.05) is 101 Å². The number of rotatable bonds is 0. The van der Waals surface area contributed by atoms with Crippen LogP contribution in [-0.4, -0.2) is 24.9 Å². The largest absolute Gasteiger partial charge is 0.261 e. The van der Waals surface area contributed by atoms with E-state index in [9.17, 15) is 0 Å². The minimum atomic E-state index is 0.123. The fourth-order valence-corrected chi connectivity index (χ4v) is 4.36. The zero-order chi connectivity index (χ0) is 34.8. The Morgan fingerprint density at radius 2 is 1.11 bits per heavy atom. The van der Waals surface area contributed by atoms with E-state index in [1.165, 1.54) is 22.4 Å². The lowest BCUT2D eigenvalue weighted by Crippen LogP contribution is -2.15. The smallest absolute Gasteiger partial charge is 0.129 e. The molecular formula is C39H58ClN5. The van der Waals surface area contributed by atoms with E-state index in [1.54, 1.807) is 6.20 Å². The van der Waals surface area contributed by atoms with Crippen LogP contribution in [0.1, 0.15) is 128 Å². The SMILES string of the molecule is CC(C)(C)c1ccnc(Cl)c1.Cc1cc(C(C)(C)C)nc(C)n1.Cc1cccnc1C(C)(C)C.Cc1ccnc(C(C)(C)C)c1. The molecule has 0 aliphatic carbocycles. The second-order valence-electron chi connectivity index (χ2n) is 15.7. The summed E-state index contributed by atoms with van der Waals surface area (Å²) in [6.45, 7) is 34.1. The Balaban J connectivity index is 0.000000300. The maximum absolute atomic E-state index is 5.74. The van der Waals surface area contributed by atoms with Crippen LogP contribution in [-0.2, 0) is 21.7 Å². The summed E-state index contributed by atoms with van der Waals surface area (Å²) in [5.74, 6) is 0.861. The van der Waals surface area contributed by atoms with Gasteiger partial charge in [0.15, 0.2) is 0 Å². The molecule has 0 radical (unpaired) electrons. The van der Waals surface area contributed by atoms with Crippen molar-refractivity contribution in [3.8, 4) is 0 Å². The zero-order valence-corrected chi connectivity index (χ0v) is 31.6. The fraction of sp³-hybridized carbons (Fsp3) is 0.513. The first-order valence-corrected chi connectivity index (χ1v) is 16.1. The minimum absolute atomic E-state index is 0.123. The third kappa shape index (κ3) is 15.1. The molecule has 246 valence electrons. The van der Waals surface area contributed by atoms with Crippen LogP contribution < -0.4 is 0 Å². The van der Waals surface area contributed by atoms with Crippen molar-refractivity contribution in [2.45, 2.75) is 132 Å². The molecule has 5 nitrogen and oxygen atoms in total. The number of aryl methyl sites for hydroxylation is 4. The number of hydrogen-bond acceptors (Lipinski definition) is 5. The molecule has 0 fully saturated rings. The van der Waals surface area contributed by atoms with Gasteiger partial charge in [0.05, 0.1) is 0 Å². The molecule has 0 aromatic carbocycles. The first kappa shape index (κ1) is 39.8. The van der Waals surface area contributed by atoms with Crippen molar-refractivity contribution in [3.05, 3.63) is 111 Å². The van der Waals surface area contributed by atoms with E-state index in [0.29, 0.717) is 5.15 Å². The fourth-order valence-electron chi connectivity index (χ4n) is 4.19. The molecule has 0 aliphatic heterocycles. The van der Waals surface area contributed by atoms with E-state index in [4.69, 9.17) is 11.6 Å². The molecule has 4 heterocycles. The van der Waals surface area contributed by atoms with Crippen molar-refractivity contribution in [1.29, 1.82) is 0 Å². The highest BCUT2D eigenvalue weighted by atomic mass is 35.5. The van der Waals surface area contributed by atoms with E-state index in [1.807, 2.05) is 56.6 Å². The van der Waals surface area contributed by atoms with Crippen molar-refractivity contribution in [3.63, 3.8) is 0 Å². The minimum Gasteiger partial charge on any atom is -0.261 e. The highest BCUT2D eigenvalue weighted by molar-refractivity contribution is 6.29. The van der Waals surface area contributed by atoms with Crippen molar-refractivity contribution in [1.82, 2.24) is 24.9 Å². The summed E-state index contributed by atoms with van der Waals surface area (Å²) < 4.78 is 0. The topological polar surface area (TPSA) is 64.5 Å². The molecule has 0 amide bonds. The van der Waals surface area contributed by atoms with Gasteiger partial charge in [0, 0.05) is 57.6 Å². The molecular weight excluding hydrogens is 574 g/mol. The van der Waals surface area contributed by atoms with Crippen LogP contribution in [0.2, 0.25) is 5.15 Å². The Hall–Kier alpha value is -3.18. The lowest BCUT2D eigenvalue weighted by Gasteiger charge is -2.19. The first-order valence-electron chi connectivity index (χ1n) is 15.7. The van der Waals surface area contributed by atoms with Gasteiger partial charge >= 0.3 is 0 Å². The first-order chi connectivity index (χ1) is 20.4. The summed E-state index contributed by atoms with van der Waals surface area (Å²) in [4.78, 5) is 21.2. The summed E-state index contributed by atoms with van der Waals surface area (Å²) in [6.07, 6.45) is 5.46. The van der Waals surface area contributed by atoms with Crippen LogP contribution in [0, 0.1) is 27.7 Å². The van der Waals surface area contributed by atoms with Crippen LogP contribution in [0.25, 0.3) is 0 Å². The van der Waals surface area contributed by atoms with Gasteiger partial charge in [0.2, 0.25) is 0 Å². The van der Waals surface area contributed by atoms with Gasteiger partial charge in [0.1, 0.15) is 11.0 Å². The van der Waals surface area contributed by atoms with E-state index in [2.05, 4.69) is 134 Å². The average molecular weight is 632 g/mol. The predicted molar refractivity (Wildman–Crippen MR) is 194 cm³/mol. The van der Waals surface area contributed by atoms with Gasteiger partial charge in [-0.25, -0.2) is 15.0 Å². The molecule has 0 saturated heterocycles. The molecule has 0 unspecified atom stereocenters. The lowest BCUT2D eigenvalue weighted by molar-refractivity contribution is 0.563. The van der Waals surface area contributed by atoms with Crippen LogP contribution in [0.3, 0.4) is 0 Å². The molecule has 0 atom stereocenters. The Morgan fingerprint density at radius 1 is 0.533 bits per heavy atom. The van der Waals surface area contributed by atoms with E-state index >= 15 is 0 Å². The normalized spacial score (nSPS) is 11.7. The third-order valence-electron chi connectivity index (χ3n) is 6.73. The van der Waals surface area contributed by atoms with Crippen LogP contribution in [0.15, 0.2) is 61.1 Å². The molecule has 4 aromatic heterocycles. The molecule has 6 heteroatoms. The number of pyridine rings is 3. The van der Waals surface area contributed by atoms with Crippen LogP contribution in [0.5, 0.6) is 0 Å². The van der Waals surface area contributed by atoms with Gasteiger partial charge in [0.25, 0.3) is 0 Å². The van der Waals surface area contributed by atoms with E-state index in [0.717, 1.165) is 22.9 Å². The number of aromatic nitrogens is 5. The highest BCUT2D eigenvalue weighted by Crippen LogP contribution is 2.24. The third-order valence-corrected chi connectivity index (χ3v) is 6.94. The van der Waals surface area contributed by atoms with Crippen molar-refractivity contribution >= 4 is 11.6 Å². The Kier molecular flexibility index (Phi) is 14.5. The summed E-state index contributed by atoms with van der Waals surface area (Å²) in [5, 5.41) is 0.567. The summed E-state index contributed by atoms with van der Waals surface area (Å²) in [6, 6.07) is 14.2. The van der Waals surface area contributed by atoms with Crippen molar-refractivity contribution < 1.29 is 0 Å². The second kappa shape index (κ2) is 16.4.